The van der Waals surface area contributed by atoms with E-state index < -0.39 is 0 Å². The van der Waals surface area contributed by atoms with E-state index in [0.717, 1.165) is 44.0 Å². The van der Waals surface area contributed by atoms with Crippen LogP contribution in [0.1, 0.15) is 47.5 Å². The van der Waals surface area contributed by atoms with Gasteiger partial charge >= 0.3 is 0 Å². The summed E-state index contributed by atoms with van der Waals surface area (Å²) in [4.78, 5) is 14.8. The molecule has 1 amide bonds. The second-order valence-corrected chi connectivity index (χ2v) is 7.49. The molecule has 1 aromatic carbocycles. The molecule has 2 fully saturated rings. The van der Waals surface area contributed by atoms with Crippen LogP contribution in [0.25, 0.3) is 0 Å². The summed E-state index contributed by atoms with van der Waals surface area (Å²) in [5.74, 6) is 2.44. The van der Waals surface area contributed by atoms with Crippen LogP contribution in [0.15, 0.2) is 34.9 Å². The number of nitrogens with zero attached hydrogens (tertiary/aromatic N) is 2. The third-order valence-electron chi connectivity index (χ3n) is 5.31. The van der Waals surface area contributed by atoms with Crippen molar-refractivity contribution in [1.29, 1.82) is 0 Å². The number of hydrogen-bond donors (Lipinski definition) is 1. The highest BCUT2D eigenvalue weighted by molar-refractivity contribution is 5.92. The molecule has 1 aliphatic heterocycles. The van der Waals surface area contributed by atoms with E-state index in [-0.39, 0.29) is 11.9 Å². The van der Waals surface area contributed by atoms with E-state index in [2.05, 4.69) is 34.4 Å². The van der Waals surface area contributed by atoms with Crippen LogP contribution in [0.5, 0.6) is 5.75 Å². The molecule has 2 heterocycles. The fraction of sp³-hybridized carbons (Fsp3) is 0.500. The van der Waals surface area contributed by atoms with Crippen LogP contribution >= 0.6 is 0 Å². The highest BCUT2D eigenvalue weighted by Gasteiger charge is 2.33. The summed E-state index contributed by atoms with van der Waals surface area (Å²) in [6.07, 6.45) is 2.27. The Hall–Kier alpha value is -2.34. The molecule has 2 aromatic rings. The molecule has 0 radical (unpaired) electrons. The van der Waals surface area contributed by atoms with Crippen LogP contribution in [0, 0.1) is 5.92 Å². The number of hydrogen-bond acceptors (Lipinski definition) is 5. The minimum atomic E-state index is -0.135. The summed E-state index contributed by atoms with van der Waals surface area (Å²) in [6, 6.07) is 10.1. The smallest absolute Gasteiger partial charge is 0.273 e. The normalized spacial score (nSPS) is 23.2. The molecule has 1 aromatic heterocycles. The summed E-state index contributed by atoms with van der Waals surface area (Å²) < 4.78 is 10.5. The zero-order valence-corrected chi connectivity index (χ0v) is 15.3. The van der Waals surface area contributed by atoms with Crippen molar-refractivity contribution in [3.05, 3.63) is 47.3 Å². The number of likely N-dealkylation sites (tertiary alicyclic amines) is 1. The number of methoxy groups -OCH3 is 1. The lowest BCUT2D eigenvalue weighted by Gasteiger charge is -2.17. The number of carbonyl (C=O) groups is 1. The number of aromatic nitrogens is 1. The number of benzene rings is 1. The highest BCUT2D eigenvalue weighted by Crippen LogP contribution is 2.40. The Morgan fingerprint density at radius 2 is 2.08 bits per heavy atom. The molecule has 1 aliphatic carbocycles. The molecular formula is C20H25N3O3. The number of carbonyl (C=O) groups excluding carboxylic acids is 1. The van der Waals surface area contributed by atoms with Crippen molar-refractivity contribution < 1.29 is 14.1 Å². The van der Waals surface area contributed by atoms with Crippen molar-refractivity contribution in [3.8, 4) is 5.75 Å². The lowest BCUT2D eigenvalue weighted by Crippen LogP contribution is -2.39. The van der Waals surface area contributed by atoms with Gasteiger partial charge in [-0.1, -0.05) is 24.2 Å². The Balaban J connectivity index is 1.33. The molecular weight excluding hydrogens is 330 g/mol. The van der Waals surface area contributed by atoms with Crippen molar-refractivity contribution in [3.63, 3.8) is 0 Å². The fourth-order valence-corrected chi connectivity index (χ4v) is 3.57. The lowest BCUT2D eigenvalue weighted by atomic mass is 10.1. The second-order valence-electron chi connectivity index (χ2n) is 7.49. The molecule has 1 saturated heterocycles. The largest absolute Gasteiger partial charge is 0.497 e. The first kappa shape index (κ1) is 17.1. The Morgan fingerprint density at radius 3 is 2.77 bits per heavy atom. The topological polar surface area (TPSA) is 67.6 Å². The zero-order chi connectivity index (χ0) is 18.1. The van der Waals surface area contributed by atoms with Gasteiger partial charge in [-0.25, -0.2) is 0 Å². The van der Waals surface area contributed by atoms with Gasteiger partial charge in [-0.3, -0.25) is 9.69 Å². The van der Waals surface area contributed by atoms with Crippen molar-refractivity contribution in [1.82, 2.24) is 15.4 Å². The summed E-state index contributed by atoms with van der Waals surface area (Å²) in [7, 11) is 1.67. The average Bonchev–Trinajstić information content (AvgIpc) is 3.27. The van der Waals surface area contributed by atoms with Crippen molar-refractivity contribution in [2.24, 2.45) is 5.92 Å². The van der Waals surface area contributed by atoms with Crippen molar-refractivity contribution >= 4 is 5.91 Å². The summed E-state index contributed by atoms with van der Waals surface area (Å²) >= 11 is 0. The maximum absolute atomic E-state index is 12.5. The van der Waals surface area contributed by atoms with Crippen LogP contribution in [-0.2, 0) is 6.54 Å². The molecule has 2 atom stereocenters. The van der Waals surface area contributed by atoms with E-state index in [4.69, 9.17) is 9.26 Å². The maximum atomic E-state index is 12.5. The van der Waals surface area contributed by atoms with Gasteiger partial charge in [0.05, 0.1) is 7.11 Å². The van der Waals surface area contributed by atoms with Gasteiger partial charge in [-0.2, -0.15) is 0 Å². The molecule has 138 valence electrons. The monoisotopic (exact) mass is 355 g/mol. The van der Waals surface area contributed by atoms with E-state index in [9.17, 15) is 4.79 Å². The maximum Gasteiger partial charge on any atom is 0.273 e. The van der Waals surface area contributed by atoms with E-state index in [1.807, 2.05) is 12.1 Å². The molecule has 1 N–H and O–H groups in total. The molecule has 4 rings (SSSR count). The van der Waals surface area contributed by atoms with Gasteiger partial charge in [0.1, 0.15) is 11.5 Å². The Morgan fingerprint density at radius 1 is 1.31 bits per heavy atom. The first-order valence-corrected chi connectivity index (χ1v) is 9.25. The second kappa shape index (κ2) is 7.11. The predicted molar refractivity (Wildman–Crippen MR) is 97.2 cm³/mol. The minimum absolute atomic E-state index is 0.127. The standard InChI is InChI=1S/C20H25N3O3/c1-13-10-23(11-14-3-7-16(25-2)8-4-14)12-18(13)21-20(24)17-9-19(26-22-17)15-5-6-15/h3-4,7-9,13,15,18H,5-6,10-12H2,1-2H3,(H,21,24)/t13-,18+/m1/s1. The van der Waals surface area contributed by atoms with Crippen LogP contribution in [0.3, 0.4) is 0 Å². The Bertz CT molecular complexity index is 767. The third-order valence-corrected chi connectivity index (χ3v) is 5.31. The van der Waals surface area contributed by atoms with E-state index in [1.165, 1.54) is 5.56 Å². The number of amides is 1. The van der Waals surface area contributed by atoms with Gasteiger partial charge in [0.15, 0.2) is 5.69 Å². The molecule has 6 nitrogen and oxygen atoms in total. The SMILES string of the molecule is COc1ccc(CN2C[C@@H](C)[C@@H](NC(=O)c3cc(C4CC4)on3)C2)cc1. The van der Waals surface area contributed by atoms with Crippen molar-refractivity contribution in [2.45, 2.75) is 38.3 Å². The molecule has 6 heteroatoms. The molecule has 0 bridgehead atoms. The van der Waals surface area contributed by atoms with Crippen LogP contribution in [0.2, 0.25) is 0 Å². The predicted octanol–water partition coefficient (Wildman–Crippen LogP) is 2.81. The number of ether oxygens (including phenoxy) is 1. The average molecular weight is 355 g/mol. The molecule has 26 heavy (non-hydrogen) atoms. The van der Waals surface area contributed by atoms with Gasteiger partial charge < -0.3 is 14.6 Å². The summed E-state index contributed by atoms with van der Waals surface area (Å²) in [6.45, 7) is 4.85. The quantitative estimate of drug-likeness (QED) is 0.863. The van der Waals surface area contributed by atoms with Crippen LogP contribution < -0.4 is 10.1 Å². The van der Waals surface area contributed by atoms with E-state index >= 15 is 0 Å². The molecule has 0 spiro atoms. The number of rotatable bonds is 6. The first-order chi connectivity index (χ1) is 12.6. The van der Waals surface area contributed by atoms with Gasteiger partial charge in [0, 0.05) is 37.7 Å². The van der Waals surface area contributed by atoms with Gasteiger partial charge in [-0.15, -0.1) is 0 Å². The molecule has 1 saturated carbocycles. The van der Waals surface area contributed by atoms with E-state index in [0.29, 0.717) is 17.5 Å². The van der Waals surface area contributed by atoms with E-state index in [1.54, 1.807) is 13.2 Å². The fourth-order valence-electron chi connectivity index (χ4n) is 3.57. The molecule has 2 aliphatic rings. The summed E-state index contributed by atoms with van der Waals surface area (Å²) in [5, 5.41) is 7.06. The van der Waals surface area contributed by atoms with Crippen molar-refractivity contribution in [2.75, 3.05) is 20.2 Å². The van der Waals surface area contributed by atoms with Crippen LogP contribution in [0.4, 0.5) is 0 Å². The molecule has 0 unspecified atom stereocenters. The highest BCUT2D eigenvalue weighted by atomic mass is 16.5. The lowest BCUT2D eigenvalue weighted by molar-refractivity contribution is 0.0922. The van der Waals surface area contributed by atoms with Gasteiger partial charge in [-0.05, 0) is 36.5 Å². The first-order valence-electron chi connectivity index (χ1n) is 9.25. The zero-order valence-electron chi connectivity index (χ0n) is 15.3. The van der Waals surface area contributed by atoms with Crippen LogP contribution in [-0.4, -0.2) is 42.2 Å². The third kappa shape index (κ3) is 3.75. The van der Waals surface area contributed by atoms with Gasteiger partial charge in [0.25, 0.3) is 5.91 Å². The Labute approximate surface area is 153 Å². The number of nitrogens with one attached hydrogen (secondary N) is 1. The van der Waals surface area contributed by atoms with Gasteiger partial charge in [0.2, 0.25) is 0 Å². The Kier molecular flexibility index (Phi) is 4.68. The summed E-state index contributed by atoms with van der Waals surface area (Å²) in [5.41, 5.74) is 1.64. The minimum Gasteiger partial charge on any atom is -0.497 e.